The van der Waals surface area contributed by atoms with E-state index in [9.17, 15) is 13.2 Å². The predicted molar refractivity (Wildman–Crippen MR) is 69.1 cm³/mol. The number of hydrogen-bond donors (Lipinski definition) is 2. The van der Waals surface area contributed by atoms with Crippen LogP contribution in [0.25, 0.3) is 0 Å². The van der Waals surface area contributed by atoms with Crippen LogP contribution in [0.1, 0.15) is 12.1 Å². The molecule has 7 nitrogen and oxygen atoms in total. The smallest absolute Gasteiger partial charge is 0.409 e. The van der Waals surface area contributed by atoms with Crippen LogP contribution in [-0.2, 0) is 10.9 Å². The summed E-state index contributed by atoms with van der Waals surface area (Å²) in [6.07, 6.45) is -3.36. The molecule has 0 radical (unpaired) electrons. The van der Waals surface area contributed by atoms with Crippen molar-refractivity contribution < 1.29 is 23.1 Å². The van der Waals surface area contributed by atoms with Gasteiger partial charge in [-0.15, -0.1) is 0 Å². The number of anilines is 1. The van der Waals surface area contributed by atoms with E-state index in [1.165, 1.54) is 12.0 Å². The van der Waals surface area contributed by atoms with Crippen LogP contribution in [0.2, 0.25) is 0 Å². The number of ether oxygens (including phenoxy) is 1. The van der Waals surface area contributed by atoms with E-state index >= 15 is 0 Å². The Morgan fingerprint density at radius 3 is 2.76 bits per heavy atom. The largest absolute Gasteiger partial charge is 0.433 e. The van der Waals surface area contributed by atoms with Crippen LogP contribution in [0, 0.1) is 0 Å². The second kappa shape index (κ2) is 7.62. The summed E-state index contributed by atoms with van der Waals surface area (Å²) in [6.45, 7) is 0.743. The fourth-order valence-corrected chi connectivity index (χ4v) is 1.47. The zero-order valence-corrected chi connectivity index (χ0v) is 11.3. The molecule has 0 aliphatic rings. The monoisotopic (exact) mass is 307 g/mol. The topological polar surface area (TPSA) is 96.9 Å². The Morgan fingerprint density at radius 1 is 1.48 bits per heavy atom. The van der Waals surface area contributed by atoms with E-state index in [4.69, 9.17) is 15.7 Å². The van der Waals surface area contributed by atoms with Crippen molar-refractivity contribution in [2.45, 2.75) is 12.6 Å². The summed E-state index contributed by atoms with van der Waals surface area (Å²) in [6, 6.07) is 0.793. The second-order valence-electron chi connectivity index (χ2n) is 4.06. The Hall–Kier alpha value is -2.10. The number of nitrogens with zero attached hydrogens (tertiary/aromatic N) is 4. The minimum absolute atomic E-state index is 0.0376. The molecule has 10 heteroatoms. The fraction of sp³-hybridized carbons (Fsp3) is 0.545. The first kappa shape index (κ1) is 17.0. The summed E-state index contributed by atoms with van der Waals surface area (Å²) in [7, 11) is 1.47. The SMILES string of the molecule is COCCN(CCC(N)=NO)c1nccc(C(F)(F)F)n1. The molecule has 0 saturated carbocycles. The highest BCUT2D eigenvalue weighted by Gasteiger charge is 2.33. The second-order valence-corrected chi connectivity index (χ2v) is 4.06. The summed E-state index contributed by atoms with van der Waals surface area (Å²) in [5.41, 5.74) is 4.32. The summed E-state index contributed by atoms with van der Waals surface area (Å²) in [5.74, 6) is -0.128. The molecule has 0 amide bonds. The predicted octanol–water partition coefficient (Wildman–Crippen LogP) is 1.08. The van der Waals surface area contributed by atoms with Crippen molar-refractivity contribution in [3.05, 3.63) is 18.0 Å². The number of oxime groups is 1. The lowest BCUT2D eigenvalue weighted by molar-refractivity contribution is -0.141. The lowest BCUT2D eigenvalue weighted by Gasteiger charge is -2.22. The first-order valence-electron chi connectivity index (χ1n) is 5.99. The molecule has 118 valence electrons. The quantitative estimate of drug-likeness (QED) is 0.339. The molecule has 0 fully saturated rings. The van der Waals surface area contributed by atoms with Crippen molar-refractivity contribution >= 4 is 11.8 Å². The lowest BCUT2D eigenvalue weighted by atomic mass is 10.3. The molecule has 0 spiro atoms. The normalized spacial score (nSPS) is 12.5. The first-order valence-corrected chi connectivity index (χ1v) is 5.99. The number of methoxy groups -OCH3 is 1. The molecule has 0 aliphatic carbocycles. The van der Waals surface area contributed by atoms with Crippen molar-refractivity contribution in [2.24, 2.45) is 10.9 Å². The van der Waals surface area contributed by atoms with E-state index in [0.29, 0.717) is 0 Å². The van der Waals surface area contributed by atoms with Gasteiger partial charge in [0.05, 0.1) is 6.61 Å². The van der Waals surface area contributed by atoms with Crippen LogP contribution < -0.4 is 10.6 Å². The molecule has 0 saturated heterocycles. The van der Waals surface area contributed by atoms with Crippen LogP contribution in [0.15, 0.2) is 17.4 Å². The van der Waals surface area contributed by atoms with Crippen molar-refractivity contribution in [3.63, 3.8) is 0 Å². The third-order valence-corrected chi connectivity index (χ3v) is 2.55. The van der Waals surface area contributed by atoms with E-state index in [1.54, 1.807) is 0 Å². The molecule has 0 aromatic carbocycles. The van der Waals surface area contributed by atoms with Gasteiger partial charge >= 0.3 is 6.18 Å². The third kappa shape index (κ3) is 5.42. The summed E-state index contributed by atoms with van der Waals surface area (Å²) in [4.78, 5) is 8.79. The molecule has 1 aromatic rings. The molecular weight excluding hydrogens is 291 g/mol. The van der Waals surface area contributed by atoms with Crippen molar-refractivity contribution in [2.75, 3.05) is 31.7 Å². The number of nitrogens with two attached hydrogens (primary N) is 1. The van der Waals surface area contributed by atoms with E-state index in [2.05, 4.69) is 15.1 Å². The lowest BCUT2D eigenvalue weighted by Crippen LogP contribution is -2.33. The number of rotatable bonds is 7. The van der Waals surface area contributed by atoms with Gasteiger partial charge in [-0.2, -0.15) is 13.2 Å². The van der Waals surface area contributed by atoms with E-state index < -0.39 is 11.9 Å². The number of amidine groups is 1. The van der Waals surface area contributed by atoms with Gasteiger partial charge in [0.15, 0.2) is 0 Å². The Bertz CT molecular complexity index is 481. The standard InChI is InChI=1S/C11H16F3N5O2/c1-21-7-6-19(5-3-9(15)18-20)10-16-4-2-8(17-10)11(12,13)14/h2,4,20H,3,5-7H2,1H3,(H2,15,18). The molecular formula is C11H16F3N5O2. The van der Waals surface area contributed by atoms with Crippen LogP contribution in [0.3, 0.4) is 0 Å². The highest BCUT2D eigenvalue weighted by atomic mass is 19.4. The average molecular weight is 307 g/mol. The number of alkyl halides is 3. The van der Waals surface area contributed by atoms with Crippen LogP contribution in [0.4, 0.5) is 19.1 Å². The van der Waals surface area contributed by atoms with Crippen LogP contribution >= 0.6 is 0 Å². The highest BCUT2D eigenvalue weighted by molar-refractivity contribution is 5.80. The van der Waals surface area contributed by atoms with Crippen molar-refractivity contribution in [1.82, 2.24) is 9.97 Å². The molecule has 0 unspecified atom stereocenters. The van der Waals surface area contributed by atoms with Gasteiger partial charge in [-0.3, -0.25) is 0 Å². The number of aromatic nitrogens is 2. The molecule has 3 N–H and O–H groups in total. The zero-order valence-electron chi connectivity index (χ0n) is 11.3. The van der Waals surface area contributed by atoms with Gasteiger partial charge in [-0.1, -0.05) is 5.16 Å². The van der Waals surface area contributed by atoms with E-state index in [1.807, 2.05) is 0 Å². The van der Waals surface area contributed by atoms with Crippen LogP contribution in [-0.4, -0.2) is 47.8 Å². The zero-order chi connectivity index (χ0) is 15.9. The highest BCUT2D eigenvalue weighted by Crippen LogP contribution is 2.28. The van der Waals surface area contributed by atoms with Gasteiger partial charge in [0.25, 0.3) is 0 Å². The summed E-state index contributed by atoms with van der Waals surface area (Å²) >= 11 is 0. The average Bonchev–Trinajstić information content (AvgIpc) is 2.46. The minimum Gasteiger partial charge on any atom is -0.409 e. The van der Waals surface area contributed by atoms with Crippen molar-refractivity contribution in [3.8, 4) is 0 Å². The molecule has 1 heterocycles. The van der Waals surface area contributed by atoms with Crippen molar-refractivity contribution in [1.29, 1.82) is 0 Å². The maximum atomic E-state index is 12.6. The van der Waals surface area contributed by atoms with E-state index in [0.717, 1.165) is 12.3 Å². The summed E-state index contributed by atoms with van der Waals surface area (Å²) in [5, 5.41) is 11.3. The summed E-state index contributed by atoms with van der Waals surface area (Å²) < 4.78 is 42.8. The minimum atomic E-state index is -4.55. The van der Waals surface area contributed by atoms with Gasteiger partial charge in [0.1, 0.15) is 11.5 Å². The maximum absolute atomic E-state index is 12.6. The molecule has 1 rings (SSSR count). The number of halogens is 3. The van der Waals surface area contributed by atoms with Gasteiger partial charge < -0.3 is 20.6 Å². The molecule has 0 bridgehead atoms. The Kier molecular flexibility index (Phi) is 6.15. The Balaban J connectivity index is 2.91. The first-order chi connectivity index (χ1) is 9.88. The van der Waals surface area contributed by atoms with Gasteiger partial charge in [0, 0.05) is 32.8 Å². The molecule has 0 atom stereocenters. The molecule has 21 heavy (non-hydrogen) atoms. The van der Waals surface area contributed by atoms with Gasteiger partial charge in [-0.05, 0) is 6.07 Å². The molecule has 1 aromatic heterocycles. The van der Waals surface area contributed by atoms with Gasteiger partial charge in [-0.25, -0.2) is 9.97 Å². The third-order valence-electron chi connectivity index (χ3n) is 2.55. The fourth-order valence-electron chi connectivity index (χ4n) is 1.47. The Labute approximate surface area is 119 Å². The molecule has 0 aliphatic heterocycles. The van der Waals surface area contributed by atoms with Crippen LogP contribution in [0.5, 0.6) is 0 Å². The Morgan fingerprint density at radius 2 is 2.19 bits per heavy atom. The van der Waals surface area contributed by atoms with Gasteiger partial charge in [0.2, 0.25) is 5.95 Å². The van der Waals surface area contributed by atoms with E-state index in [-0.39, 0.29) is 37.9 Å². The maximum Gasteiger partial charge on any atom is 0.433 e. The number of hydrogen-bond acceptors (Lipinski definition) is 6.